The molecule has 3 rings (SSSR count). The van der Waals surface area contributed by atoms with Crippen molar-refractivity contribution >= 4 is 27.5 Å². The molecule has 2 saturated heterocycles. The van der Waals surface area contributed by atoms with Gasteiger partial charge < -0.3 is 5.11 Å². The Bertz CT molecular complexity index is 744. The van der Waals surface area contributed by atoms with Gasteiger partial charge in [0.2, 0.25) is 0 Å². The lowest BCUT2D eigenvalue weighted by molar-refractivity contribution is 0.151. The Hall–Kier alpha value is -1.33. The third-order valence-corrected chi connectivity index (χ3v) is 6.57. The minimum Gasteiger partial charge on any atom is -0.391 e. The Balaban J connectivity index is 2.07. The second-order valence-electron chi connectivity index (χ2n) is 5.26. The van der Waals surface area contributed by atoms with Crippen molar-refractivity contribution in [2.24, 2.45) is 0 Å². The number of aliphatic hydroxyl groups is 1. The number of anilines is 1. The molecule has 0 spiro atoms. The quantitative estimate of drug-likeness (QED) is 0.834. The zero-order chi connectivity index (χ0) is 15.4. The molecule has 0 aliphatic carbocycles. The van der Waals surface area contributed by atoms with E-state index in [1.54, 1.807) is 13.0 Å². The second kappa shape index (κ2) is 4.85. The fourth-order valence-electron chi connectivity index (χ4n) is 2.95. The standard InChI is InChI=1S/C13H14ClN3O3S/c1-8-10(3-2-9(6-15)13(8)14)17-7-11-12(18)4-5-16(11)21(17,19)20/h2-3,11-12,18H,4-5,7H2,1H3/t11-,12+/m1/s1. The van der Waals surface area contributed by atoms with Crippen LogP contribution in [0, 0.1) is 18.3 Å². The van der Waals surface area contributed by atoms with Gasteiger partial charge in [0.15, 0.2) is 0 Å². The lowest BCUT2D eigenvalue weighted by Gasteiger charge is -2.21. The molecule has 2 aliphatic rings. The molecule has 0 radical (unpaired) electrons. The average Bonchev–Trinajstić information content (AvgIpc) is 2.93. The number of halogens is 1. The number of benzene rings is 1. The van der Waals surface area contributed by atoms with Gasteiger partial charge in [-0.1, -0.05) is 11.6 Å². The molecule has 112 valence electrons. The van der Waals surface area contributed by atoms with Gasteiger partial charge in [-0.25, -0.2) is 0 Å². The van der Waals surface area contributed by atoms with Crippen LogP contribution in [-0.2, 0) is 10.2 Å². The Labute approximate surface area is 128 Å². The molecule has 2 fully saturated rings. The number of aliphatic hydroxyl groups excluding tert-OH is 1. The molecule has 2 heterocycles. The van der Waals surface area contributed by atoms with Crippen molar-refractivity contribution in [2.75, 3.05) is 17.4 Å². The number of nitrogens with zero attached hydrogens (tertiary/aromatic N) is 3. The second-order valence-corrected chi connectivity index (χ2v) is 7.44. The number of rotatable bonds is 1. The van der Waals surface area contributed by atoms with Gasteiger partial charge in [-0.15, -0.1) is 0 Å². The van der Waals surface area contributed by atoms with Gasteiger partial charge in [-0.2, -0.15) is 18.0 Å². The van der Waals surface area contributed by atoms with E-state index in [1.165, 1.54) is 14.7 Å². The Kier molecular flexibility index (Phi) is 3.37. The minimum atomic E-state index is -3.64. The molecule has 21 heavy (non-hydrogen) atoms. The fraction of sp³-hybridized carbons (Fsp3) is 0.462. The maximum atomic E-state index is 12.6. The lowest BCUT2D eigenvalue weighted by atomic mass is 10.1. The van der Waals surface area contributed by atoms with Gasteiger partial charge >= 0.3 is 10.2 Å². The lowest BCUT2D eigenvalue weighted by Crippen LogP contribution is -2.34. The van der Waals surface area contributed by atoms with Crippen molar-refractivity contribution in [2.45, 2.75) is 25.5 Å². The summed E-state index contributed by atoms with van der Waals surface area (Å²) < 4.78 is 27.7. The Morgan fingerprint density at radius 1 is 1.48 bits per heavy atom. The highest BCUT2D eigenvalue weighted by molar-refractivity contribution is 7.90. The van der Waals surface area contributed by atoms with Crippen molar-refractivity contribution in [1.29, 1.82) is 5.26 Å². The van der Waals surface area contributed by atoms with Gasteiger partial charge in [0, 0.05) is 6.54 Å². The van der Waals surface area contributed by atoms with E-state index < -0.39 is 22.4 Å². The van der Waals surface area contributed by atoms with Crippen molar-refractivity contribution in [3.63, 3.8) is 0 Å². The van der Waals surface area contributed by atoms with Crippen LogP contribution in [0.4, 0.5) is 5.69 Å². The van der Waals surface area contributed by atoms with E-state index in [9.17, 15) is 13.5 Å². The third kappa shape index (κ3) is 2.02. The molecule has 6 nitrogen and oxygen atoms in total. The SMILES string of the molecule is Cc1c(N2C[C@@H]3[C@@H](O)CCN3S2(=O)=O)ccc(C#N)c1Cl. The first-order chi connectivity index (χ1) is 9.87. The summed E-state index contributed by atoms with van der Waals surface area (Å²) in [6.45, 7) is 2.22. The third-order valence-electron chi connectivity index (χ3n) is 4.13. The van der Waals surface area contributed by atoms with Gasteiger partial charge in [0.25, 0.3) is 0 Å². The van der Waals surface area contributed by atoms with Crippen molar-refractivity contribution < 1.29 is 13.5 Å². The van der Waals surface area contributed by atoms with Crippen LogP contribution in [0.1, 0.15) is 17.5 Å². The van der Waals surface area contributed by atoms with Crippen LogP contribution in [0.15, 0.2) is 12.1 Å². The smallest absolute Gasteiger partial charge is 0.304 e. The summed E-state index contributed by atoms with van der Waals surface area (Å²) in [4.78, 5) is 0. The Morgan fingerprint density at radius 3 is 2.81 bits per heavy atom. The first kappa shape index (κ1) is 14.6. The number of fused-ring (bicyclic) bond motifs is 1. The number of nitriles is 1. The molecule has 1 aromatic carbocycles. The highest BCUT2D eigenvalue weighted by Crippen LogP contribution is 2.38. The molecule has 2 atom stereocenters. The van der Waals surface area contributed by atoms with E-state index in [0.29, 0.717) is 29.8 Å². The number of hydrogen-bond acceptors (Lipinski definition) is 4. The summed E-state index contributed by atoms with van der Waals surface area (Å²) in [5.41, 5.74) is 1.32. The highest BCUT2D eigenvalue weighted by Gasteiger charge is 2.50. The highest BCUT2D eigenvalue weighted by atomic mass is 35.5. The molecule has 0 saturated carbocycles. The zero-order valence-electron chi connectivity index (χ0n) is 11.3. The molecule has 8 heteroatoms. The van der Waals surface area contributed by atoms with E-state index in [4.69, 9.17) is 16.9 Å². The molecule has 2 aliphatic heterocycles. The maximum absolute atomic E-state index is 12.6. The van der Waals surface area contributed by atoms with Gasteiger partial charge in [0.05, 0.1) is 35.0 Å². The molecule has 1 N–H and O–H groups in total. The van der Waals surface area contributed by atoms with Crippen LogP contribution in [0.5, 0.6) is 0 Å². The van der Waals surface area contributed by atoms with E-state index in [-0.39, 0.29) is 11.6 Å². The summed E-state index contributed by atoms with van der Waals surface area (Å²) in [7, 11) is -3.64. The summed E-state index contributed by atoms with van der Waals surface area (Å²) in [5.74, 6) is 0. The van der Waals surface area contributed by atoms with Gasteiger partial charge in [-0.05, 0) is 31.0 Å². The molecular formula is C13H14ClN3O3S. The summed E-state index contributed by atoms with van der Waals surface area (Å²) >= 11 is 6.11. The monoisotopic (exact) mass is 327 g/mol. The van der Waals surface area contributed by atoms with Crippen molar-refractivity contribution in [1.82, 2.24) is 4.31 Å². The zero-order valence-corrected chi connectivity index (χ0v) is 12.9. The van der Waals surface area contributed by atoms with Crippen LogP contribution < -0.4 is 4.31 Å². The van der Waals surface area contributed by atoms with E-state index in [0.717, 1.165) is 0 Å². The summed E-state index contributed by atoms with van der Waals surface area (Å²) in [6.07, 6.45) is -0.177. The summed E-state index contributed by atoms with van der Waals surface area (Å²) in [6, 6.07) is 4.66. The summed E-state index contributed by atoms with van der Waals surface area (Å²) in [5, 5.41) is 19.1. The molecule has 0 unspecified atom stereocenters. The maximum Gasteiger partial charge on any atom is 0.304 e. The van der Waals surface area contributed by atoms with E-state index in [1.807, 2.05) is 6.07 Å². The molecule has 1 aromatic rings. The van der Waals surface area contributed by atoms with Crippen molar-refractivity contribution in [3.05, 3.63) is 28.3 Å². The van der Waals surface area contributed by atoms with Gasteiger partial charge in [-0.3, -0.25) is 4.31 Å². The van der Waals surface area contributed by atoms with E-state index in [2.05, 4.69) is 0 Å². The first-order valence-corrected chi connectivity index (χ1v) is 8.32. The normalized spacial score (nSPS) is 27.6. The van der Waals surface area contributed by atoms with Crippen LogP contribution in [0.2, 0.25) is 5.02 Å². The molecule has 0 aromatic heterocycles. The topological polar surface area (TPSA) is 84.6 Å². The first-order valence-electron chi connectivity index (χ1n) is 6.54. The largest absolute Gasteiger partial charge is 0.391 e. The molecular weight excluding hydrogens is 314 g/mol. The number of hydrogen-bond donors (Lipinski definition) is 1. The minimum absolute atomic E-state index is 0.201. The molecule has 0 amide bonds. The van der Waals surface area contributed by atoms with Gasteiger partial charge in [0.1, 0.15) is 6.07 Å². The van der Waals surface area contributed by atoms with Crippen LogP contribution in [-0.4, -0.2) is 43.1 Å². The Morgan fingerprint density at radius 2 is 2.19 bits per heavy atom. The van der Waals surface area contributed by atoms with Crippen molar-refractivity contribution in [3.8, 4) is 6.07 Å². The molecule has 0 bridgehead atoms. The van der Waals surface area contributed by atoms with Crippen LogP contribution in [0.3, 0.4) is 0 Å². The predicted molar refractivity (Wildman–Crippen MR) is 78.3 cm³/mol. The van der Waals surface area contributed by atoms with Crippen LogP contribution >= 0.6 is 11.6 Å². The van der Waals surface area contributed by atoms with Crippen LogP contribution in [0.25, 0.3) is 0 Å². The predicted octanol–water partition coefficient (Wildman–Crippen LogP) is 1.02. The average molecular weight is 328 g/mol. The van der Waals surface area contributed by atoms with E-state index >= 15 is 0 Å². The fourth-order valence-corrected chi connectivity index (χ4v) is 5.08.